The molecule has 0 aliphatic heterocycles. The molecule has 2 rings (SSSR count). The highest BCUT2D eigenvalue weighted by atomic mass is 14.9. The standard InChI is InChI=1S/C17H22N2/c1-4-14-5-7-15(8-6-14)11-19-17-10-13(3)12(2)9-16(17)18/h5-10,19H,4,11,18H2,1-3H3. The minimum absolute atomic E-state index is 0.802. The first-order valence-corrected chi connectivity index (χ1v) is 6.78. The Morgan fingerprint density at radius 1 is 0.947 bits per heavy atom. The molecule has 2 aromatic rings. The number of aryl methyl sites for hydroxylation is 3. The monoisotopic (exact) mass is 254 g/mol. The number of hydrogen-bond donors (Lipinski definition) is 2. The number of rotatable bonds is 4. The average Bonchev–Trinajstić information content (AvgIpc) is 2.42. The zero-order valence-corrected chi connectivity index (χ0v) is 12.0. The zero-order valence-electron chi connectivity index (χ0n) is 12.0. The van der Waals surface area contributed by atoms with E-state index in [0.717, 1.165) is 24.3 Å². The third-order valence-electron chi connectivity index (χ3n) is 3.58. The van der Waals surface area contributed by atoms with Gasteiger partial charge in [-0.25, -0.2) is 0 Å². The van der Waals surface area contributed by atoms with Gasteiger partial charge >= 0.3 is 0 Å². The zero-order chi connectivity index (χ0) is 13.8. The van der Waals surface area contributed by atoms with Crippen LogP contribution < -0.4 is 11.1 Å². The van der Waals surface area contributed by atoms with Crippen LogP contribution in [0.1, 0.15) is 29.2 Å². The van der Waals surface area contributed by atoms with Gasteiger partial charge in [-0.3, -0.25) is 0 Å². The molecule has 0 spiro atoms. The molecule has 0 atom stereocenters. The fraction of sp³-hybridized carbons (Fsp3) is 0.294. The Morgan fingerprint density at radius 2 is 1.53 bits per heavy atom. The minimum Gasteiger partial charge on any atom is -0.397 e. The van der Waals surface area contributed by atoms with E-state index >= 15 is 0 Å². The molecule has 0 bridgehead atoms. The molecular formula is C17H22N2. The van der Waals surface area contributed by atoms with Gasteiger partial charge in [-0.2, -0.15) is 0 Å². The van der Waals surface area contributed by atoms with Crippen LogP contribution in [0.15, 0.2) is 36.4 Å². The van der Waals surface area contributed by atoms with Crippen LogP contribution in [0.4, 0.5) is 11.4 Å². The van der Waals surface area contributed by atoms with E-state index in [0.29, 0.717) is 0 Å². The molecule has 0 amide bonds. The van der Waals surface area contributed by atoms with Gasteiger partial charge in [0.15, 0.2) is 0 Å². The van der Waals surface area contributed by atoms with Gasteiger partial charge < -0.3 is 11.1 Å². The molecule has 100 valence electrons. The molecule has 0 heterocycles. The van der Waals surface area contributed by atoms with Gasteiger partial charge in [-0.05, 0) is 54.7 Å². The molecule has 19 heavy (non-hydrogen) atoms. The topological polar surface area (TPSA) is 38.0 Å². The van der Waals surface area contributed by atoms with Crippen molar-refractivity contribution in [2.75, 3.05) is 11.1 Å². The molecule has 2 heteroatoms. The number of nitrogens with one attached hydrogen (secondary N) is 1. The average molecular weight is 254 g/mol. The second kappa shape index (κ2) is 5.79. The smallest absolute Gasteiger partial charge is 0.0579 e. The van der Waals surface area contributed by atoms with Gasteiger partial charge in [0.2, 0.25) is 0 Å². The fourth-order valence-corrected chi connectivity index (χ4v) is 2.08. The highest BCUT2D eigenvalue weighted by Crippen LogP contribution is 2.23. The van der Waals surface area contributed by atoms with Crippen LogP contribution in [0, 0.1) is 13.8 Å². The number of benzene rings is 2. The van der Waals surface area contributed by atoms with E-state index in [1.54, 1.807) is 0 Å². The van der Waals surface area contributed by atoms with Crippen molar-refractivity contribution >= 4 is 11.4 Å². The van der Waals surface area contributed by atoms with Crippen molar-refractivity contribution in [2.45, 2.75) is 33.7 Å². The lowest BCUT2D eigenvalue weighted by Crippen LogP contribution is -2.03. The maximum atomic E-state index is 6.04. The summed E-state index contributed by atoms with van der Waals surface area (Å²) in [5.41, 5.74) is 13.0. The molecule has 0 aliphatic rings. The third-order valence-corrected chi connectivity index (χ3v) is 3.58. The van der Waals surface area contributed by atoms with E-state index in [-0.39, 0.29) is 0 Å². The number of anilines is 2. The summed E-state index contributed by atoms with van der Waals surface area (Å²) >= 11 is 0. The number of nitrogen functional groups attached to an aromatic ring is 1. The molecule has 2 aromatic carbocycles. The lowest BCUT2D eigenvalue weighted by molar-refractivity contribution is 1.10. The highest BCUT2D eigenvalue weighted by Gasteiger charge is 2.02. The molecule has 3 N–H and O–H groups in total. The lowest BCUT2D eigenvalue weighted by atomic mass is 10.1. The summed E-state index contributed by atoms with van der Waals surface area (Å²) in [6.07, 6.45) is 1.08. The Morgan fingerprint density at radius 3 is 2.16 bits per heavy atom. The SMILES string of the molecule is CCc1ccc(CNc2cc(C)c(C)cc2N)cc1. The van der Waals surface area contributed by atoms with E-state index in [4.69, 9.17) is 5.73 Å². The Kier molecular flexibility index (Phi) is 4.10. The van der Waals surface area contributed by atoms with Gasteiger partial charge in [0.05, 0.1) is 11.4 Å². The summed E-state index contributed by atoms with van der Waals surface area (Å²) in [7, 11) is 0. The first-order valence-electron chi connectivity index (χ1n) is 6.78. The predicted octanol–water partition coefficient (Wildman–Crippen LogP) is 4.06. The molecule has 0 saturated carbocycles. The summed E-state index contributed by atoms with van der Waals surface area (Å²) < 4.78 is 0. The van der Waals surface area contributed by atoms with Crippen molar-refractivity contribution in [3.05, 3.63) is 58.7 Å². The molecule has 0 aromatic heterocycles. The maximum Gasteiger partial charge on any atom is 0.0579 e. The van der Waals surface area contributed by atoms with E-state index in [1.807, 2.05) is 6.07 Å². The summed E-state index contributed by atoms with van der Waals surface area (Å²) in [5, 5.41) is 3.41. The normalized spacial score (nSPS) is 10.5. The highest BCUT2D eigenvalue weighted by molar-refractivity contribution is 5.68. The quantitative estimate of drug-likeness (QED) is 0.807. The molecule has 0 saturated heterocycles. The molecule has 0 unspecified atom stereocenters. The Hall–Kier alpha value is -1.96. The van der Waals surface area contributed by atoms with E-state index in [1.165, 1.54) is 22.3 Å². The largest absolute Gasteiger partial charge is 0.397 e. The van der Waals surface area contributed by atoms with E-state index < -0.39 is 0 Å². The predicted molar refractivity (Wildman–Crippen MR) is 83.5 cm³/mol. The van der Waals surface area contributed by atoms with Crippen molar-refractivity contribution < 1.29 is 0 Å². The molecule has 0 radical (unpaired) electrons. The van der Waals surface area contributed by atoms with Crippen LogP contribution in [0.25, 0.3) is 0 Å². The van der Waals surface area contributed by atoms with Gasteiger partial charge in [0.1, 0.15) is 0 Å². The first kappa shape index (κ1) is 13.5. The molecule has 2 nitrogen and oxygen atoms in total. The Labute approximate surface area is 115 Å². The number of hydrogen-bond acceptors (Lipinski definition) is 2. The van der Waals surface area contributed by atoms with E-state index in [2.05, 4.69) is 56.4 Å². The summed E-state index contributed by atoms with van der Waals surface area (Å²) in [5.74, 6) is 0. The summed E-state index contributed by atoms with van der Waals surface area (Å²) in [6, 6.07) is 12.8. The van der Waals surface area contributed by atoms with Crippen molar-refractivity contribution in [1.82, 2.24) is 0 Å². The van der Waals surface area contributed by atoms with Crippen LogP contribution in [0.5, 0.6) is 0 Å². The molecule has 0 fully saturated rings. The first-order chi connectivity index (χ1) is 9.10. The van der Waals surface area contributed by atoms with Gasteiger partial charge in [0.25, 0.3) is 0 Å². The van der Waals surface area contributed by atoms with Crippen molar-refractivity contribution in [3.8, 4) is 0 Å². The summed E-state index contributed by atoms with van der Waals surface area (Å²) in [4.78, 5) is 0. The van der Waals surface area contributed by atoms with Gasteiger partial charge in [-0.1, -0.05) is 31.2 Å². The second-order valence-electron chi connectivity index (χ2n) is 5.05. The third kappa shape index (κ3) is 3.28. The number of nitrogens with two attached hydrogens (primary N) is 1. The van der Waals surface area contributed by atoms with Crippen LogP contribution in [-0.4, -0.2) is 0 Å². The van der Waals surface area contributed by atoms with Crippen molar-refractivity contribution in [1.29, 1.82) is 0 Å². The maximum absolute atomic E-state index is 6.04. The van der Waals surface area contributed by atoms with E-state index in [9.17, 15) is 0 Å². The van der Waals surface area contributed by atoms with Crippen molar-refractivity contribution in [3.63, 3.8) is 0 Å². The lowest BCUT2D eigenvalue weighted by Gasteiger charge is -2.12. The minimum atomic E-state index is 0.802. The summed E-state index contributed by atoms with van der Waals surface area (Å²) in [6.45, 7) is 7.16. The molecule has 0 aliphatic carbocycles. The Balaban J connectivity index is 2.07. The van der Waals surface area contributed by atoms with Gasteiger partial charge in [0, 0.05) is 6.54 Å². The van der Waals surface area contributed by atoms with Crippen LogP contribution in [-0.2, 0) is 13.0 Å². The second-order valence-corrected chi connectivity index (χ2v) is 5.05. The fourth-order valence-electron chi connectivity index (χ4n) is 2.08. The van der Waals surface area contributed by atoms with Crippen LogP contribution in [0.3, 0.4) is 0 Å². The van der Waals surface area contributed by atoms with Crippen LogP contribution >= 0.6 is 0 Å². The van der Waals surface area contributed by atoms with Crippen molar-refractivity contribution in [2.24, 2.45) is 0 Å². The Bertz CT molecular complexity index is 556. The molecular weight excluding hydrogens is 232 g/mol. The van der Waals surface area contributed by atoms with Gasteiger partial charge in [-0.15, -0.1) is 0 Å². The van der Waals surface area contributed by atoms with Crippen LogP contribution in [0.2, 0.25) is 0 Å².